The van der Waals surface area contributed by atoms with Crippen LogP contribution in [0.15, 0.2) is 65.2 Å². The Morgan fingerprint density at radius 3 is 2.63 bits per heavy atom. The van der Waals surface area contributed by atoms with Crippen molar-refractivity contribution in [2.75, 3.05) is 0 Å². The van der Waals surface area contributed by atoms with Gasteiger partial charge in [-0.25, -0.2) is 4.98 Å². The zero-order valence-corrected chi connectivity index (χ0v) is 15.7. The number of rotatable bonds is 7. The fourth-order valence-corrected chi connectivity index (χ4v) is 3.47. The van der Waals surface area contributed by atoms with Crippen molar-refractivity contribution in [3.63, 3.8) is 0 Å². The van der Waals surface area contributed by atoms with Gasteiger partial charge in [0.15, 0.2) is 11.7 Å². The highest BCUT2D eigenvalue weighted by atomic mass is 35.5. The Hall–Kier alpha value is -2.59. The van der Waals surface area contributed by atoms with Crippen LogP contribution in [0.5, 0.6) is 0 Å². The molecule has 138 valence electrons. The van der Waals surface area contributed by atoms with Gasteiger partial charge >= 0.3 is 0 Å². The van der Waals surface area contributed by atoms with Crippen molar-refractivity contribution in [2.45, 2.75) is 31.7 Å². The van der Waals surface area contributed by atoms with E-state index in [0.717, 1.165) is 5.56 Å². The molecule has 4 rings (SSSR count). The SMILES string of the molecule is O=C(CCc1ncc(-c2ccccc2Cl)o1)NC(c1ccccc1)C1CC1. The molecule has 1 N–H and O–H groups in total. The van der Waals surface area contributed by atoms with E-state index in [4.69, 9.17) is 16.0 Å². The van der Waals surface area contributed by atoms with Gasteiger partial charge in [-0.05, 0) is 36.5 Å². The minimum Gasteiger partial charge on any atom is -0.441 e. The first-order valence-corrected chi connectivity index (χ1v) is 9.62. The van der Waals surface area contributed by atoms with E-state index in [-0.39, 0.29) is 11.9 Å². The molecule has 1 heterocycles. The van der Waals surface area contributed by atoms with E-state index in [9.17, 15) is 4.79 Å². The fourth-order valence-electron chi connectivity index (χ4n) is 3.24. The van der Waals surface area contributed by atoms with Crippen molar-refractivity contribution in [1.82, 2.24) is 10.3 Å². The molecule has 0 radical (unpaired) electrons. The zero-order valence-electron chi connectivity index (χ0n) is 14.9. The molecule has 0 aliphatic heterocycles. The Morgan fingerprint density at radius 2 is 1.89 bits per heavy atom. The zero-order chi connectivity index (χ0) is 18.6. The number of benzene rings is 2. The molecule has 27 heavy (non-hydrogen) atoms. The predicted molar refractivity (Wildman–Crippen MR) is 105 cm³/mol. The van der Waals surface area contributed by atoms with E-state index >= 15 is 0 Å². The summed E-state index contributed by atoms with van der Waals surface area (Å²) in [6, 6.07) is 17.7. The molecular formula is C22H21ClN2O2. The van der Waals surface area contributed by atoms with Crippen LogP contribution in [-0.4, -0.2) is 10.9 Å². The van der Waals surface area contributed by atoms with Gasteiger partial charge in [-0.3, -0.25) is 4.79 Å². The molecule has 0 saturated heterocycles. The first-order valence-electron chi connectivity index (χ1n) is 9.24. The van der Waals surface area contributed by atoms with Gasteiger partial charge in [0.1, 0.15) is 0 Å². The lowest BCUT2D eigenvalue weighted by Crippen LogP contribution is -2.30. The van der Waals surface area contributed by atoms with Crippen molar-refractivity contribution >= 4 is 17.5 Å². The molecule has 5 heteroatoms. The van der Waals surface area contributed by atoms with Crippen LogP contribution in [-0.2, 0) is 11.2 Å². The van der Waals surface area contributed by atoms with Crippen LogP contribution < -0.4 is 5.32 Å². The van der Waals surface area contributed by atoms with Gasteiger partial charge in [-0.15, -0.1) is 0 Å². The van der Waals surface area contributed by atoms with Gasteiger partial charge in [-0.2, -0.15) is 0 Å². The number of carbonyl (C=O) groups excluding carboxylic acids is 1. The summed E-state index contributed by atoms with van der Waals surface area (Å²) < 4.78 is 5.77. The lowest BCUT2D eigenvalue weighted by atomic mass is 10.0. The molecule has 0 bridgehead atoms. The number of oxazole rings is 1. The topological polar surface area (TPSA) is 55.1 Å². The number of amides is 1. The Bertz CT molecular complexity index is 919. The monoisotopic (exact) mass is 380 g/mol. The lowest BCUT2D eigenvalue weighted by molar-refractivity contribution is -0.122. The van der Waals surface area contributed by atoms with E-state index in [1.807, 2.05) is 42.5 Å². The molecule has 1 saturated carbocycles. The number of nitrogens with zero attached hydrogens (tertiary/aromatic N) is 1. The molecule has 1 aliphatic rings. The molecule has 2 aromatic carbocycles. The summed E-state index contributed by atoms with van der Waals surface area (Å²) in [7, 11) is 0. The van der Waals surface area contributed by atoms with Gasteiger partial charge in [-0.1, -0.05) is 54.1 Å². The Balaban J connectivity index is 1.36. The van der Waals surface area contributed by atoms with Crippen molar-refractivity contribution in [1.29, 1.82) is 0 Å². The smallest absolute Gasteiger partial charge is 0.221 e. The number of aromatic nitrogens is 1. The molecule has 4 nitrogen and oxygen atoms in total. The van der Waals surface area contributed by atoms with Crippen molar-refractivity contribution in [3.05, 3.63) is 77.3 Å². The summed E-state index contributed by atoms with van der Waals surface area (Å²) in [5.41, 5.74) is 1.98. The van der Waals surface area contributed by atoms with Gasteiger partial charge < -0.3 is 9.73 Å². The van der Waals surface area contributed by atoms with E-state index < -0.39 is 0 Å². The van der Waals surface area contributed by atoms with Crippen molar-refractivity contribution in [3.8, 4) is 11.3 Å². The number of aryl methyl sites for hydroxylation is 1. The van der Waals surface area contributed by atoms with Gasteiger partial charge in [0.05, 0.1) is 17.3 Å². The summed E-state index contributed by atoms with van der Waals surface area (Å²) in [6.07, 6.45) is 4.80. The second kappa shape index (κ2) is 7.97. The molecule has 0 spiro atoms. The maximum absolute atomic E-state index is 12.5. The number of nitrogens with one attached hydrogen (secondary N) is 1. The molecule has 1 atom stereocenters. The molecule has 1 aromatic heterocycles. The number of carbonyl (C=O) groups is 1. The average molecular weight is 381 g/mol. The van der Waals surface area contributed by atoms with E-state index in [2.05, 4.69) is 22.4 Å². The maximum atomic E-state index is 12.5. The van der Waals surface area contributed by atoms with Crippen molar-refractivity contribution < 1.29 is 9.21 Å². The third-order valence-corrected chi connectivity index (χ3v) is 5.16. The minimum absolute atomic E-state index is 0.0215. The van der Waals surface area contributed by atoms with Gasteiger partial charge in [0.25, 0.3) is 0 Å². The van der Waals surface area contributed by atoms with Crippen LogP contribution >= 0.6 is 11.6 Å². The normalized spacial score (nSPS) is 14.7. The quantitative estimate of drug-likeness (QED) is 0.613. The highest BCUT2D eigenvalue weighted by Gasteiger charge is 2.33. The van der Waals surface area contributed by atoms with Crippen LogP contribution in [0.3, 0.4) is 0 Å². The lowest BCUT2D eigenvalue weighted by Gasteiger charge is -2.18. The second-order valence-corrected chi connectivity index (χ2v) is 7.30. The maximum Gasteiger partial charge on any atom is 0.221 e. The molecule has 1 unspecified atom stereocenters. The van der Waals surface area contributed by atoms with Crippen LogP contribution in [0.2, 0.25) is 5.02 Å². The van der Waals surface area contributed by atoms with Gasteiger partial charge in [0, 0.05) is 18.4 Å². The molecule has 1 fully saturated rings. The van der Waals surface area contributed by atoms with E-state index in [0.29, 0.717) is 35.4 Å². The van der Waals surface area contributed by atoms with Crippen LogP contribution in [0.25, 0.3) is 11.3 Å². The number of hydrogen-bond donors (Lipinski definition) is 1. The molecule has 1 amide bonds. The number of hydrogen-bond acceptors (Lipinski definition) is 3. The second-order valence-electron chi connectivity index (χ2n) is 6.89. The Labute approximate surface area is 163 Å². The Kier molecular flexibility index (Phi) is 5.26. The molecule has 1 aliphatic carbocycles. The van der Waals surface area contributed by atoms with Crippen molar-refractivity contribution in [2.24, 2.45) is 5.92 Å². The Morgan fingerprint density at radius 1 is 1.15 bits per heavy atom. The largest absolute Gasteiger partial charge is 0.441 e. The summed E-state index contributed by atoms with van der Waals surface area (Å²) in [5.74, 6) is 1.73. The summed E-state index contributed by atoms with van der Waals surface area (Å²) in [6.45, 7) is 0. The first kappa shape index (κ1) is 17.8. The van der Waals surface area contributed by atoms with E-state index in [1.165, 1.54) is 18.4 Å². The number of halogens is 1. The average Bonchev–Trinajstić information content (AvgIpc) is 3.43. The summed E-state index contributed by atoms with van der Waals surface area (Å²) in [5, 5.41) is 3.80. The fraction of sp³-hybridized carbons (Fsp3) is 0.273. The third kappa shape index (κ3) is 4.40. The van der Waals surface area contributed by atoms with Crippen LogP contribution in [0.1, 0.15) is 36.8 Å². The van der Waals surface area contributed by atoms with E-state index in [1.54, 1.807) is 6.20 Å². The predicted octanol–water partition coefficient (Wildman–Crippen LogP) is 5.20. The molecular weight excluding hydrogens is 360 g/mol. The highest BCUT2D eigenvalue weighted by Crippen LogP contribution is 2.41. The first-order chi connectivity index (χ1) is 13.2. The highest BCUT2D eigenvalue weighted by molar-refractivity contribution is 6.33. The van der Waals surface area contributed by atoms with Crippen LogP contribution in [0.4, 0.5) is 0 Å². The summed E-state index contributed by atoms with van der Waals surface area (Å²) >= 11 is 6.19. The van der Waals surface area contributed by atoms with Crippen LogP contribution in [0, 0.1) is 5.92 Å². The minimum atomic E-state index is 0.0215. The van der Waals surface area contributed by atoms with Gasteiger partial charge in [0.2, 0.25) is 5.91 Å². The summed E-state index contributed by atoms with van der Waals surface area (Å²) in [4.78, 5) is 16.7. The molecule has 3 aromatic rings. The third-order valence-electron chi connectivity index (χ3n) is 4.83. The standard InChI is InChI=1S/C22H21ClN2O2/c23-18-9-5-4-8-17(18)19-14-24-21(27-19)13-12-20(26)25-22(16-10-11-16)15-6-2-1-3-7-15/h1-9,14,16,22H,10-13H2,(H,25,26).